The number of benzene rings is 1. The van der Waals surface area contributed by atoms with Crippen LogP contribution in [0.3, 0.4) is 0 Å². The largest absolute Gasteiger partial charge is 0.514 e. The van der Waals surface area contributed by atoms with Gasteiger partial charge in [-0.3, -0.25) is 0 Å². The van der Waals surface area contributed by atoms with Gasteiger partial charge in [-0.1, -0.05) is 12.8 Å². The number of hydrogen-bond acceptors (Lipinski definition) is 8. The number of nitrogens with one attached hydrogen (secondary N) is 1. The molecule has 1 fully saturated rings. The van der Waals surface area contributed by atoms with Crippen LogP contribution in [0.25, 0.3) is 5.69 Å². The number of unbranched alkanes of at least 4 members (excludes halogenated alkanes) is 3. The van der Waals surface area contributed by atoms with Gasteiger partial charge in [0.2, 0.25) is 0 Å². The molecule has 9 heteroatoms. The third-order valence-electron chi connectivity index (χ3n) is 5.16. The minimum absolute atomic E-state index is 0.205. The number of aliphatic hydroxyl groups excluding tert-OH is 4. The van der Waals surface area contributed by atoms with Crippen molar-refractivity contribution in [2.24, 2.45) is 0 Å². The molecule has 0 unspecified atom stereocenters. The predicted molar refractivity (Wildman–Crippen MR) is 109 cm³/mol. The number of hydrogen-bond donors (Lipinski definition) is 5. The molecule has 5 N–H and O–H groups in total. The first-order valence-corrected chi connectivity index (χ1v) is 9.92. The maximum Gasteiger partial charge on any atom is 0.138 e. The second kappa shape index (κ2) is 10.2. The summed E-state index contributed by atoms with van der Waals surface area (Å²) in [5, 5.41) is 46.3. The van der Waals surface area contributed by atoms with Crippen molar-refractivity contribution >= 4 is 5.69 Å². The number of likely N-dealkylation sites (tertiary alicyclic amines) is 1. The van der Waals surface area contributed by atoms with Crippen molar-refractivity contribution in [1.29, 1.82) is 0 Å². The van der Waals surface area contributed by atoms with Crippen LogP contribution in [0.15, 0.2) is 48.9 Å². The molecule has 1 aliphatic heterocycles. The standard InChI is InChI=1S/C20H29N5O4/c26-12-17-19(28)20(29)18(27)11-24(17)10-4-2-1-3-9-22-15-5-7-16(8-6-15)25-14-21-13-23-25/h5-8,12-14,18-20,22,26-29H,1-4,9-11H2/b17-12+/t18-,19+,20+/m0/s1. The van der Waals surface area contributed by atoms with Crippen LogP contribution < -0.4 is 5.32 Å². The number of β-amino-alcohol motifs (C(OH)–C–C–N with tert-alkyl or cyclic N) is 1. The van der Waals surface area contributed by atoms with E-state index in [1.165, 1.54) is 6.33 Å². The van der Waals surface area contributed by atoms with Crippen LogP contribution in [0.5, 0.6) is 0 Å². The third kappa shape index (κ3) is 5.47. The van der Waals surface area contributed by atoms with Crippen molar-refractivity contribution < 1.29 is 20.4 Å². The van der Waals surface area contributed by atoms with Crippen molar-refractivity contribution in [3.05, 3.63) is 48.9 Å². The van der Waals surface area contributed by atoms with Crippen molar-refractivity contribution in [3.63, 3.8) is 0 Å². The lowest BCUT2D eigenvalue weighted by molar-refractivity contribution is -0.0886. The fourth-order valence-electron chi connectivity index (χ4n) is 3.48. The van der Waals surface area contributed by atoms with E-state index in [0.717, 1.165) is 49.9 Å². The van der Waals surface area contributed by atoms with Gasteiger partial charge in [0.25, 0.3) is 0 Å². The first-order valence-electron chi connectivity index (χ1n) is 9.92. The average Bonchev–Trinajstić information content (AvgIpc) is 3.27. The lowest BCUT2D eigenvalue weighted by atomic mass is 9.98. The molecule has 2 heterocycles. The number of piperidine rings is 1. The summed E-state index contributed by atoms with van der Waals surface area (Å²) in [4.78, 5) is 5.67. The summed E-state index contributed by atoms with van der Waals surface area (Å²) in [6.45, 7) is 1.69. The molecule has 0 amide bonds. The third-order valence-corrected chi connectivity index (χ3v) is 5.16. The van der Waals surface area contributed by atoms with Crippen molar-refractivity contribution in [1.82, 2.24) is 19.7 Å². The quantitative estimate of drug-likeness (QED) is 0.310. The molecule has 0 aliphatic carbocycles. The predicted octanol–water partition coefficient (Wildman–Crippen LogP) is 1.04. The molecule has 0 radical (unpaired) electrons. The molecule has 0 spiro atoms. The molecule has 29 heavy (non-hydrogen) atoms. The van der Waals surface area contributed by atoms with Gasteiger partial charge in [-0.25, -0.2) is 9.67 Å². The van der Waals surface area contributed by atoms with Crippen molar-refractivity contribution in [2.75, 3.05) is 25.0 Å². The molecule has 1 saturated heterocycles. The van der Waals surface area contributed by atoms with Gasteiger partial charge >= 0.3 is 0 Å². The normalized spacial score (nSPS) is 23.5. The molecule has 1 aromatic heterocycles. The van der Waals surface area contributed by atoms with Crippen LogP contribution in [-0.4, -0.2) is 78.0 Å². The lowest BCUT2D eigenvalue weighted by Gasteiger charge is -2.39. The molecule has 1 aliphatic rings. The number of nitrogens with zero attached hydrogens (tertiary/aromatic N) is 4. The Kier molecular flexibility index (Phi) is 7.45. The number of anilines is 1. The van der Waals surface area contributed by atoms with Crippen LogP contribution in [0, 0.1) is 0 Å². The summed E-state index contributed by atoms with van der Waals surface area (Å²) in [5.41, 5.74) is 2.28. The second-order valence-corrected chi connectivity index (χ2v) is 7.23. The minimum atomic E-state index is -1.26. The average molecular weight is 403 g/mol. The summed E-state index contributed by atoms with van der Waals surface area (Å²) in [5.74, 6) is 0. The van der Waals surface area contributed by atoms with E-state index in [2.05, 4.69) is 15.4 Å². The first kappa shape index (κ1) is 21.1. The Hall–Kier alpha value is -2.62. The first-order chi connectivity index (χ1) is 14.1. The monoisotopic (exact) mass is 403 g/mol. The van der Waals surface area contributed by atoms with Crippen molar-refractivity contribution in [2.45, 2.75) is 44.0 Å². The van der Waals surface area contributed by atoms with E-state index in [9.17, 15) is 20.4 Å². The lowest BCUT2D eigenvalue weighted by Crippen LogP contribution is -2.53. The van der Waals surface area contributed by atoms with Gasteiger partial charge in [0.15, 0.2) is 0 Å². The Morgan fingerprint density at radius 3 is 2.52 bits per heavy atom. The van der Waals surface area contributed by atoms with E-state index in [1.54, 1.807) is 15.9 Å². The highest BCUT2D eigenvalue weighted by Gasteiger charge is 2.36. The fraction of sp³-hybridized carbons (Fsp3) is 0.500. The Labute approximate surface area is 169 Å². The summed E-state index contributed by atoms with van der Waals surface area (Å²) in [6.07, 6.45) is 4.38. The molecule has 2 aromatic rings. The highest BCUT2D eigenvalue weighted by atomic mass is 16.4. The van der Waals surface area contributed by atoms with Gasteiger partial charge in [0.1, 0.15) is 37.2 Å². The highest BCUT2D eigenvalue weighted by Crippen LogP contribution is 2.22. The van der Waals surface area contributed by atoms with Crippen LogP contribution >= 0.6 is 0 Å². The Balaban J connectivity index is 1.31. The maximum absolute atomic E-state index is 9.93. The van der Waals surface area contributed by atoms with E-state index in [1.807, 2.05) is 24.3 Å². The molecule has 3 rings (SSSR count). The Bertz CT molecular complexity index is 766. The summed E-state index contributed by atoms with van der Waals surface area (Å²) in [6, 6.07) is 8.01. The van der Waals surface area contributed by atoms with Crippen LogP contribution in [0.1, 0.15) is 25.7 Å². The zero-order valence-corrected chi connectivity index (χ0v) is 16.3. The molecule has 0 bridgehead atoms. The van der Waals surface area contributed by atoms with Crippen LogP contribution in [-0.2, 0) is 0 Å². The van der Waals surface area contributed by atoms with Gasteiger partial charge in [0, 0.05) is 25.3 Å². The van der Waals surface area contributed by atoms with E-state index < -0.39 is 18.3 Å². The van der Waals surface area contributed by atoms with E-state index in [-0.39, 0.29) is 12.2 Å². The minimum Gasteiger partial charge on any atom is -0.514 e. The molecule has 158 valence electrons. The van der Waals surface area contributed by atoms with Gasteiger partial charge in [-0.2, -0.15) is 5.10 Å². The molecule has 3 atom stereocenters. The molecule has 9 nitrogen and oxygen atoms in total. The molecule has 0 saturated carbocycles. The Morgan fingerprint density at radius 1 is 1.07 bits per heavy atom. The van der Waals surface area contributed by atoms with Crippen LogP contribution in [0.2, 0.25) is 0 Å². The second-order valence-electron chi connectivity index (χ2n) is 7.23. The van der Waals surface area contributed by atoms with Gasteiger partial charge < -0.3 is 30.6 Å². The fourth-order valence-corrected chi connectivity index (χ4v) is 3.48. The van der Waals surface area contributed by atoms with Gasteiger partial charge in [-0.15, -0.1) is 0 Å². The van der Waals surface area contributed by atoms with Crippen LogP contribution in [0.4, 0.5) is 5.69 Å². The van der Waals surface area contributed by atoms with E-state index in [4.69, 9.17) is 0 Å². The highest BCUT2D eigenvalue weighted by molar-refractivity contribution is 5.48. The zero-order valence-electron chi connectivity index (χ0n) is 16.3. The Morgan fingerprint density at radius 2 is 1.83 bits per heavy atom. The summed E-state index contributed by atoms with van der Waals surface area (Å²) in [7, 11) is 0. The SMILES string of the molecule is O/C=C1\[C@@H](O)[C@H](O)[C@@H](O)CN1CCCCCCNc1ccc(-n2cncn2)cc1. The molecular formula is C20H29N5O4. The molecule has 1 aromatic carbocycles. The smallest absolute Gasteiger partial charge is 0.138 e. The summed E-state index contributed by atoms with van der Waals surface area (Å²) < 4.78 is 1.71. The van der Waals surface area contributed by atoms with E-state index in [0.29, 0.717) is 6.54 Å². The maximum atomic E-state index is 9.93. The van der Waals surface area contributed by atoms with E-state index >= 15 is 0 Å². The number of rotatable bonds is 9. The number of aromatic nitrogens is 3. The zero-order chi connectivity index (χ0) is 20.6. The molecular weight excluding hydrogens is 374 g/mol. The van der Waals surface area contributed by atoms with Gasteiger partial charge in [0.05, 0.1) is 11.4 Å². The topological polar surface area (TPSA) is 127 Å². The van der Waals surface area contributed by atoms with Gasteiger partial charge in [-0.05, 0) is 37.1 Å². The summed E-state index contributed by atoms with van der Waals surface area (Å²) >= 11 is 0. The number of aliphatic hydroxyl groups is 4. The van der Waals surface area contributed by atoms with Crippen molar-refractivity contribution in [3.8, 4) is 5.69 Å².